The molecule has 1 aliphatic heterocycles. The van der Waals surface area contributed by atoms with Crippen molar-refractivity contribution in [2.24, 2.45) is 0 Å². The van der Waals surface area contributed by atoms with Gasteiger partial charge in [0.25, 0.3) is 0 Å². The molecule has 4 heteroatoms. The van der Waals surface area contributed by atoms with Gasteiger partial charge in [-0.05, 0) is 38.4 Å². The van der Waals surface area contributed by atoms with Crippen molar-refractivity contribution in [1.29, 1.82) is 0 Å². The van der Waals surface area contributed by atoms with Crippen LogP contribution in [0.25, 0.3) is 0 Å². The third-order valence-electron chi connectivity index (χ3n) is 3.30. The molecule has 1 heterocycles. The molecule has 0 aromatic heterocycles. The van der Waals surface area contributed by atoms with Gasteiger partial charge < -0.3 is 15.5 Å². The maximum atomic E-state index is 12.1. The first kappa shape index (κ1) is 12.9. The molecule has 2 amide bonds. The minimum atomic E-state index is -0.0163. The fraction of sp³-hybridized carbons (Fsp3) is 0.500. The number of benzene rings is 1. The Morgan fingerprint density at radius 3 is 2.83 bits per heavy atom. The molecular formula is C14H21N3O. The van der Waals surface area contributed by atoms with Gasteiger partial charge in [0.15, 0.2) is 0 Å². The Morgan fingerprint density at radius 1 is 1.44 bits per heavy atom. The largest absolute Gasteiger partial charge is 0.323 e. The Balaban J connectivity index is 1.88. The maximum absolute atomic E-state index is 12.1. The van der Waals surface area contributed by atoms with E-state index in [0.717, 1.165) is 31.7 Å². The molecule has 1 saturated heterocycles. The molecule has 1 aromatic rings. The number of amides is 2. The number of rotatable bonds is 4. The Kier molecular flexibility index (Phi) is 4.59. The highest BCUT2D eigenvalue weighted by atomic mass is 16.2. The van der Waals surface area contributed by atoms with E-state index in [0.29, 0.717) is 6.04 Å². The summed E-state index contributed by atoms with van der Waals surface area (Å²) in [7, 11) is 0. The van der Waals surface area contributed by atoms with Gasteiger partial charge in [0.1, 0.15) is 0 Å². The molecule has 0 saturated carbocycles. The first-order valence-corrected chi connectivity index (χ1v) is 6.64. The molecule has 0 bridgehead atoms. The molecule has 1 unspecified atom stereocenters. The number of urea groups is 1. The summed E-state index contributed by atoms with van der Waals surface area (Å²) < 4.78 is 0. The summed E-state index contributed by atoms with van der Waals surface area (Å²) in [6.07, 6.45) is 2.37. The van der Waals surface area contributed by atoms with Crippen LogP contribution in [0.15, 0.2) is 30.3 Å². The number of hydrogen-bond donors (Lipinski definition) is 2. The summed E-state index contributed by atoms with van der Waals surface area (Å²) in [5.41, 5.74) is 0.848. The summed E-state index contributed by atoms with van der Waals surface area (Å²) in [5.74, 6) is 0. The number of carbonyl (C=O) groups is 1. The van der Waals surface area contributed by atoms with Crippen LogP contribution in [0.5, 0.6) is 0 Å². The molecular weight excluding hydrogens is 226 g/mol. The van der Waals surface area contributed by atoms with Crippen LogP contribution >= 0.6 is 0 Å². The van der Waals surface area contributed by atoms with Crippen LogP contribution in [0.3, 0.4) is 0 Å². The van der Waals surface area contributed by atoms with Crippen molar-refractivity contribution in [3.05, 3.63) is 30.3 Å². The highest BCUT2D eigenvalue weighted by molar-refractivity contribution is 5.89. The smallest absolute Gasteiger partial charge is 0.321 e. The van der Waals surface area contributed by atoms with E-state index in [2.05, 4.69) is 10.6 Å². The van der Waals surface area contributed by atoms with Crippen LogP contribution in [0.1, 0.15) is 19.8 Å². The molecule has 0 radical (unpaired) electrons. The highest BCUT2D eigenvalue weighted by Gasteiger charge is 2.20. The van der Waals surface area contributed by atoms with E-state index in [-0.39, 0.29) is 6.03 Å². The quantitative estimate of drug-likeness (QED) is 0.857. The van der Waals surface area contributed by atoms with E-state index < -0.39 is 0 Å². The van der Waals surface area contributed by atoms with Gasteiger partial charge >= 0.3 is 6.03 Å². The Labute approximate surface area is 108 Å². The van der Waals surface area contributed by atoms with E-state index in [4.69, 9.17) is 0 Å². The van der Waals surface area contributed by atoms with Gasteiger partial charge in [-0.15, -0.1) is 0 Å². The molecule has 18 heavy (non-hydrogen) atoms. The second-order valence-electron chi connectivity index (χ2n) is 4.63. The van der Waals surface area contributed by atoms with E-state index in [1.165, 1.54) is 6.42 Å². The van der Waals surface area contributed by atoms with Crippen LogP contribution in [-0.4, -0.2) is 36.6 Å². The van der Waals surface area contributed by atoms with E-state index >= 15 is 0 Å². The Bertz CT molecular complexity index is 374. The van der Waals surface area contributed by atoms with Crippen molar-refractivity contribution < 1.29 is 4.79 Å². The van der Waals surface area contributed by atoms with Crippen molar-refractivity contribution in [1.82, 2.24) is 10.2 Å². The summed E-state index contributed by atoms with van der Waals surface area (Å²) in [5, 5.41) is 6.34. The topological polar surface area (TPSA) is 44.4 Å². The number of para-hydroxylation sites is 1. The number of carbonyl (C=O) groups excluding carboxylic acids is 1. The van der Waals surface area contributed by atoms with Gasteiger partial charge in [0, 0.05) is 24.8 Å². The van der Waals surface area contributed by atoms with Gasteiger partial charge in [-0.1, -0.05) is 18.2 Å². The summed E-state index contributed by atoms with van der Waals surface area (Å²) in [6, 6.07) is 10.0. The second-order valence-corrected chi connectivity index (χ2v) is 4.63. The molecule has 2 N–H and O–H groups in total. The lowest BCUT2D eigenvalue weighted by Gasteiger charge is -2.24. The van der Waals surface area contributed by atoms with Crippen LogP contribution < -0.4 is 10.6 Å². The second kappa shape index (κ2) is 6.40. The lowest BCUT2D eigenvalue weighted by Crippen LogP contribution is -2.43. The standard InChI is InChI=1S/C14H21N3O/c1-2-17(11-13-9-6-10-15-13)14(18)16-12-7-4-3-5-8-12/h3-5,7-8,13,15H,2,6,9-11H2,1H3,(H,16,18). The fourth-order valence-electron chi connectivity index (χ4n) is 2.26. The number of anilines is 1. The van der Waals surface area contributed by atoms with Crippen molar-refractivity contribution in [2.45, 2.75) is 25.8 Å². The minimum absolute atomic E-state index is 0.0163. The lowest BCUT2D eigenvalue weighted by atomic mass is 10.2. The average Bonchev–Trinajstić information content (AvgIpc) is 2.90. The van der Waals surface area contributed by atoms with Crippen LogP contribution in [-0.2, 0) is 0 Å². The lowest BCUT2D eigenvalue weighted by molar-refractivity contribution is 0.209. The van der Waals surface area contributed by atoms with Crippen molar-refractivity contribution in [2.75, 3.05) is 25.0 Å². The number of nitrogens with one attached hydrogen (secondary N) is 2. The van der Waals surface area contributed by atoms with Gasteiger partial charge in [0.05, 0.1) is 0 Å². The molecule has 2 rings (SSSR count). The van der Waals surface area contributed by atoms with Gasteiger partial charge in [-0.25, -0.2) is 4.79 Å². The third kappa shape index (κ3) is 3.47. The van der Waals surface area contributed by atoms with E-state index in [1.807, 2.05) is 42.2 Å². The molecule has 0 aliphatic carbocycles. The van der Waals surface area contributed by atoms with Crippen LogP contribution in [0.4, 0.5) is 10.5 Å². The van der Waals surface area contributed by atoms with Crippen LogP contribution in [0, 0.1) is 0 Å². The maximum Gasteiger partial charge on any atom is 0.321 e. The third-order valence-corrected chi connectivity index (χ3v) is 3.30. The van der Waals surface area contributed by atoms with Crippen molar-refractivity contribution >= 4 is 11.7 Å². The van der Waals surface area contributed by atoms with E-state index in [9.17, 15) is 4.79 Å². The zero-order valence-electron chi connectivity index (χ0n) is 10.9. The molecule has 1 aliphatic rings. The molecule has 1 fully saturated rings. The fourth-order valence-corrected chi connectivity index (χ4v) is 2.26. The number of likely N-dealkylation sites (N-methyl/N-ethyl adjacent to an activating group) is 1. The van der Waals surface area contributed by atoms with Gasteiger partial charge in [-0.3, -0.25) is 0 Å². The summed E-state index contributed by atoms with van der Waals surface area (Å²) >= 11 is 0. The van der Waals surface area contributed by atoms with Gasteiger partial charge in [-0.2, -0.15) is 0 Å². The van der Waals surface area contributed by atoms with Crippen molar-refractivity contribution in [3.63, 3.8) is 0 Å². The predicted octanol–water partition coefficient (Wildman–Crippen LogP) is 2.29. The number of hydrogen-bond acceptors (Lipinski definition) is 2. The van der Waals surface area contributed by atoms with Gasteiger partial charge in [0.2, 0.25) is 0 Å². The first-order valence-electron chi connectivity index (χ1n) is 6.64. The zero-order chi connectivity index (χ0) is 12.8. The first-order chi connectivity index (χ1) is 8.79. The summed E-state index contributed by atoms with van der Waals surface area (Å²) in [4.78, 5) is 14.0. The van der Waals surface area contributed by atoms with E-state index in [1.54, 1.807) is 0 Å². The predicted molar refractivity (Wildman–Crippen MR) is 73.7 cm³/mol. The summed E-state index contributed by atoms with van der Waals surface area (Å²) in [6.45, 7) is 4.61. The van der Waals surface area contributed by atoms with Crippen molar-refractivity contribution in [3.8, 4) is 0 Å². The zero-order valence-corrected chi connectivity index (χ0v) is 10.9. The average molecular weight is 247 g/mol. The highest BCUT2D eigenvalue weighted by Crippen LogP contribution is 2.10. The number of nitrogens with zero attached hydrogens (tertiary/aromatic N) is 1. The SMILES string of the molecule is CCN(CC1CCCN1)C(=O)Nc1ccccc1. The Morgan fingerprint density at radius 2 is 2.22 bits per heavy atom. The normalized spacial score (nSPS) is 18.6. The molecule has 98 valence electrons. The molecule has 4 nitrogen and oxygen atoms in total. The molecule has 1 aromatic carbocycles. The van der Waals surface area contributed by atoms with Crippen LogP contribution in [0.2, 0.25) is 0 Å². The molecule has 0 spiro atoms. The minimum Gasteiger partial charge on any atom is -0.323 e. The monoisotopic (exact) mass is 247 g/mol. The Hall–Kier alpha value is -1.55. The molecule has 1 atom stereocenters.